The molecule has 1 N–H and O–H groups in total. The summed E-state index contributed by atoms with van der Waals surface area (Å²) < 4.78 is 51.1. The van der Waals surface area contributed by atoms with Gasteiger partial charge in [-0.25, -0.2) is 4.98 Å². The van der Waals surface area contributed by atoms with Crippen LogP contribution in [0.3, 0.4) is 0 Å². The first-order valence-electron chi connectivity index (χ1n) is 11.2. The zero-order valence-electron chi connectivity index (χ0n) is 18.3. The van der Waals surface area contributed by atoms with Crippen LogP contribution >= 0.6 is 0 Å². The number of carbonyl (C=O) groups is 2. The number of alkyl halides is 3. The third-order valence-corrected chi connectivity index (χ3v) is 6.73. The van der Waals surface area contributed by atoms with E-state index in [0.29, 0.717) is 30.2 Å². The first-order valence-corrected chi connectivity index (χ1v) is 11.2. The maximum atomic E-state index is 13.0. The first kappa shape index (κ1) is 21.6. The minimum absolute atomic E-state index is 0.00561. The van der Waals surface area contributed by atoms with Crippen LogP contribution < -0.4 is 14.8 Å². The van der Waals surface area contributed by atoms with E-state index in [9.17, 15) is 22.8 Å². The molecule has 1 aliphatic carbocycles. The van der Waals surface area contributed by atoms with E-state index in [1.807, 2.05) is 12.1 Å². The largest absolute Gasteiger partial charge is 0.489 e. The maximum absolute atomic E-state index is 13.0. The molecule has 2 aliphatic heterocycles. The molecule has 3 heterocycles. The molecule has 2 aromatic carbocycles. The minimum atomic E-state index is -4.50. The second-order valence-corrected chi connectivity index (χ2v) is 8.96. The van der Waals surface area contributed by atoms with E-state index >= 15 is 0 Å². The van der Waals surface area contributed by atoms with Crippen LogP contribution in [0.1, 0.15) is 45.8 Å². The molecular formula is C26H19F3N2O4. The molecule has 3 aliphatic rings. The standard InChI is InChI=1S/C26H19F3N2O4/c27-26(28,29)14-3-1-2-13(10-14)19(32)12-18-23-17-11-15(4-6-20(17)35-24(18)23)34-21-8-9-30-25-16(21)5-7-22(33)31-25/h1-4,6,8-11,18,23-24H,5,7,12H2,(H,30,31,33)/t18-,23-,24+/m0/s1. The second kappa shape index (κ2) is 7.83. The molecule has 1 fully saturated rings. The molecular weight excluding hydrogens is 461 g/mol. The van der Waals surface area contributed by atoms with Crippen LogP contribution in [-0.4, -0.2) is 22.8 Å². The van der Waals surface area contributed by atoms with E-state index in [2.05, 4.69) is 10.3 Å². The van der Waals surface area contributed by atoms with E-state index in [0.717, 1.165) is 29.0 Å². The molecule has 1 amide bonds. The molecule has 0 saturated heterocycles. The van der Waals surface area contributed by atoms with Gasteiger partial charge >= 0.3 is 6.18 Å². The Morgan fingerprint density at radius 3 is 2.83 bits per heavy atom. The number of nitrogens with one attached hydrogen (secondary N) is 1. The number of ketones is 1. The lowest BCUT2D eigenvalue weighted by Gasteiger charge is -2.19. The summed E-state index contributed by atoms with van der Waals surface area (Å²) >= 11 is 0. The topological polar surface area (TPSA) is 77.5 Å². The number of hydrogen-bond acceptors (Lipinski definition) is 5. The molecule has 9 heteroatoms. The highest BCUT2D eigenvalue weighted by atomic mass is 19.4. The van der Waals surface area contributed by atoms with Crippen molar-refractivity contribution >= 4 is 17.5 Å². The lowest BCUT2D eigenvalue weighted by molar-refractivity contribution is -0.137. The minimum Gasteiger partial charge on any atom is -0.489 e. The molecule has 0 radical (unpaired) electrons. The predicted octanol–water partition coefficient (Wildman–Crippen LogP) is 5.52. The number of Topliss-reactive ketones (excluding diaryl/α,β-unsaturated/α-hetero) is 1. The van der Waals surface area contributed by atoms with Crippen molar-refractivity contribution < 1.29 is 32.2 Å². The van der Waals surface area contributed by atoms with Gasteiger partial charge < -0.3 is 14.8 Å². The number of carbonyl (C=O) groups excluding carboxylic acids is 2. The fraction of sp³-hybridized carbons (Fsp3) is 0.269. The lowest BCUT2D eigenvalue weighted by Crippen LogP contribution is -2.20. The number of halogens is 3. The van der Waals surface area contributed by atoms with E-state index < -0.39 is 11.7 Å². The highest BCUT2D eigenvalue weighted by Crippen LogP contribution is 2.60. The molecule has 35 heavy (non-hydrogen) atoms. The number of benzene rings is 2. The number of pyridine rings is 1. The predicted molar refractivity (Wildman–Crippen MR) is 119 cm³/mol. The summed E-state index contributed by atoms with van der Waals surface area (Å²) in [5.41, 5.74) is 0.973. The Bertz CT molecular complexity index is 1370. The Morgan fingerprint density at radius 2 is 2.00 bits per heavy atom. The van der Waals surface area contributed by atoms with Crippen molar-refractivity contribution in [2.45, 2.75) is 37.5 Å². The van der Waals surface area contributed by atoms with Gasteiger partial charge in [0.1, 0.15) is 29.2 Å². The van der Waals surface area contributed by atoms with Gasteiger partial charge in [0.05, 0.1) is 5.56 Å². The average molecular weight is 480 g/mol. The summed E-state index contributed by atoms with van der Waals surface area (Å²) in [6.45, 7) is 0. The summed E-state index contributed by atoms with van der Waals surface area (Å²) in [6.07, 6.45) is -2.09. The highest BCUT2D eigenvalue weighted by molar-refractivity contribution is 5.97. The Morgan fingerprint density at radius 1 is 1.14 bits per heavy atom. The van der Waals surface area contributed by atoms with Crippen molar-refractivity contribution in [2.75, 3.05) is 5.32 Å². The number of ether oxygens (including phenoxy) is 2. The molecule has 0 spiro atoms. The quantitative estimate of drug-likeness (QED) is 0.487. The molecule has 6 rings (SSSR count). The zero-order chi connectivity index (χ0) is 24.3. The molecule has 178 valence electrons. The molecule has 1 saturated carbocycles. The highest BCUT2D eigenvalue weighted by Gasteiger charge is 2.59. The van der Waals surface area contributed by atoms with Crippen LogP contribution in [0.2, 0.25) is 0 Å². The van der Waals surface area contributed by atoms with Gasteiger partial charge in [-0.05, 0) is 42.8 Å². The van der Waals surface area contributed by atoms with Crippen molar-refractivity contribution in [1.29, 1.82) is 0 Å². The third kappa shape index (κ3) is 3.90. The van der Waals surface area contributed by atoms with Gasteiger partial charge in [0.2, 0.25) is 5.91 Å². The number of rotatable bonds is 5. The van der Waals surface area contributed by atoms with E-state index in [1.54, 1.807) is 18.3 Å². The Labute approximate surface area is 198 Å². The average Bonchev–Trinajstić information content (AvgIpc) is 3.35. The lowest BCUT2D eigenvalue weighted by atomic mass is 10.00. The SMILES string of the molecule is O=C1CCc2c(Oc3ccc4c(c3)[C@H]3[C@H](CC(=O)c5cccc(C(F)(F)F)c5)[C@H]3O4)ccnc2N1. The Kier molecular flexibility index (Phi) is 4.84. The first-order chi connectivity index (χ1) is 16.8. The molecule has 0 bridgehead atoms. The summed E-state index contributed by atoms with van der Waals surface area (Å²) in [6, 6.07) is 11.8. The van der Waals surface area contributed by atoms with Gasteiger partial charge in [-0.1, -0.05) is 12.1 Å². The number of aromatic nitrogens is 1. The maximum Gasteiger partial charge on any atom is 0.416 e. The molecule has 0 unspecified atom stereocenters. The van der Waals surface area contributed by atoms with Crippen LogP contribution in [0, 0.1) is 5.92 Å². The van der Waals surface area contributed by atoms with Crippen LogP contribution in [0.5, 0.6) is 17.2 Å². The normalized spacial score (nSPS) is 21.8. The van der Waals surface area contributed by atoms with Crippen molar-refractivity contribution in [1.82, 2.24) is 4.98 Å². The fourth-order valence-electron chi connectivity index (χ4n) is 4.94. The van der Waals surface area contributed by atoms with Gasteiger partial charge in [0, 0.05) is 47.6 Å². The summed E-state index contributed by atoms with van der Waals surface area (Å²) in [5, 5.41) is 2.75. The van der Waals surface area contributed by atoms with Crippen molar-refractivity contribution in [2.24, 2.45) is 5.92 Å². The van der Waals surface area contributed by atoms with Crippen molar-refractivity contribution in [3.05, 3.63) is 77.0 Å². The van der Waals surface area contributed by atoms with Gasteiger partial charge in [0.15, 0.2) is 5.78 Å². The van der Waals surface area contributed by atoms with Gasteiger partial charge in [-0.3, -0.25) is 9.59 Å². The number of nitrogens with zero attached hydrogens (tertiary/aromatic N) is 1. The summed E-state index contributed by atoms with van der Waals surface area (Å²) in [4.78, 5) is 28.5. The van der Waals surface area contributed by atoms with E-state index in [4.69, 9.17) is 9.47 Å². The van der Waals surface area contributed by atoms with E-state index in [1.165, 1.54) is 12.1 Å². The molecule has 6 nitrogen and oxygen atoms in total. The molecule has 3 atom stereocenters. The van der Waals surface area contributed by atoms with Gasteiger partial charge in [0.25, 0.3) is 0 Å². The fourth-order valence-corrected chi connectivity index (χ4v) is 4.94. The smallest absolute Gasteiger partial charge is 0.416 e. The van der Waals surface area contributed by atoms with Gasteiger partial charge in [-0.2, -0.15) is 13.2 Å². The monoisotopic (exact) mass is 480 g/mol. The summed E-state index contributed by atoms with van der Waals surface area (Å²) in [7, 11) is 0. The van der Waals surface area contributed by atoms with Crippen LogP contribution in [-0.2, 0) is 17.4 Å². The third-order valence-electron chi connectivity index (χ3n) is 6.73. The number of anilines is 1. The molecule has 1 aromatic heterocycles. The number of hydrogen-bond donors (Lipinski definition) is 1. The number of fused-ring (bicyclic) bond motifs is 4. The zero-order valence-corrected chi connectivity index (χ0v) is 18.3. The number of amides is 1. The van der Waals surface area contributed by atoms with Crippen molar-refractivity contribution in [3.8, 4) is 17.2 Å². The van der Waals surface area contributed by atoms with E-state index in [-0.39, 0.29) is 41.6 Å². The van der Waals surface area contributed by atoms with Crippen LogP contribution in [0.4, 0.5) is 19.0 Å². The summed E-state index contributed by atoms with van der Waals surface area (Å²) in [5.74, 6) is 1.90. The van der Waals surface area contributed by atoms with Crippen molar-refractivity contribution in [3.63, 3.8) is 0 Å². The molecule has 3 aromatic rings. The van der Waals surface area contributed by atoms with Crippen LogP contribution in [0.15, 0.2) is 54.7 Å². The Hall–Kier alpha value is -3.88. The van der Waals surface area contributed by atoms with Gasteiger partial charge in [-0.15, -0.1) is 0 Å². The van der Waals surface area contributed by atoms with Crippen LogP contribution in [0.25, 0.3) is 0 Å². The second-order valence-electron chi connectivity index (χ2n) is 8.96. The Balaban J connectivity index is 1.18.